The summed E-state index contributed by atoms with van der Waals surface area (Å²) in [5.41, 5.74) is 1.78. The van der Waals surface area contributed by atoms with Gasteiger partial charge < -0.3 is 18.9 Å². The Morgan fingerprint density at radius 1 is 1.18 bits per heavy atom. The van der Waals surface area contributed by atoms with E-state index in [1.165, 1.54) is 15.9 Å². The highest BCUT2D eigenvalue weighted by molar-refractivity contribution is 9.10. The molecule has 40 heavy (non-hydrogen) atoms. The third-order valence-corrected chi connectivity index (χ3v) is 8.03. The van der Waals surface area contributed by atoms with Gasteiger partial charge in [0.2, 0.25) is 0 Å². The number of hydrogen-bond acceptors (Lipinski definition) is 8. The molecule has 0 bridgehead atoms. The number of nitrogens with zero attached hydrogens (tertiary/aromatic N) is 2. The summed E-state index contributed by atoms with van der Waals surface area (Å²) in [7, 11) is 3.10. The quantitative estimate of drug-likeness (QED) is 0.224. The lowest BCUT2D eigenvalue weighted by atomic mass is 9.95. The Hall–Kier alpha value is -3.15. The number of benzene rings is 2. The normalized spacial score (nSPS) is 15.0. The molecule has 1 atom stereocenters. The highest BCUT2D eigenvalue weighted by Gasteiger charge is 2.35. The van der Waals surface area contributed by atoms with E-state index in [2.05, 4.69) is 43.4 Å². The molecule has 0 N–H and O–H groups in total. The number of fused-ring (bicyclic) bond motifs is 1. The van der Waals surface area contributed by atoms with Crippen molar-refractivity contribution in [2.24, 2.45) is 4.99 Å². The Balaban J connectivity index is 1.95. The molecule has 0 spiro atoms. The van der Waals surface area contributed by atoms with Gasteiger partial charge in [-0.25, -0.2) is 9.79 Å². The second kappa shape index (κ2) is 12.6. The number of carbonyl (C=O) groups is 1. The fourth-order valence-corrected chi connectivity index (χ4v) is 6.33. The first-order chi connectivity index (χ1) is 19.1. The van der Waals surface area contributed by atoms with Crippen molar-refractivity contribution in [1.82, 2.24) is 4.57 Å². The topological polar surface area (TPSA) is 88.4 Å². The van der Waals surface area contributed by atoms with E-state index in [9.17, 15) is 9.59 Å². The highest BCUT2D eigenvalue weighted by atomic mass is 79.9. The van der Waals surface area contributed by atoms with Crippen LogP contribution in [-0.2, 0) is 9.53 Å². The van der Waals surface area contributed by atoms with Gasteiger partial charge in [0.05, 0.1) is 40.6 Å². The Morgan fingerprint density at radius 2 is 1.90 bits per heavy atom. The van der Waals surface area contributed by atoms with Crippen LogP contribution >= 0.6 is 43.2 Å². The zero-order valence-electron chi connectivity index (χ0n) is 22.6. The summed E-state index contributed by atoms with van der Waals surface area (Å²) in [6.45, 7) is 9.29. The van der Waals surface area contributed by atoms with Crippen molar-refractivity contribution < 1.29 is 23.7 Å². The molecular weight excluding hydrogens is 664 g/mol. The van der Waals surface area contributed by atoms with Crippen molar-refractivity contribution in [2.75, 3.05) is 20.8 Å². The van der Waals surface area contributed by atoms with Crippen molar-refractivity contribution in [2.45, 2.75) is 32.9 Å². The molecular formula is C29H28Br2N2O6S. The van der Waals surface area contributed by atoms with E-state index < -0.39 is 12.0 Å². The van der Waals surface area contributed by atoms with Crippen LogP contribution < -0.4 is 29.1 Å². The number of ether oxygens (including phenoxy) is 4. The number of allylic oxidation sites excluding steroid dienone is 1. The summed E-state index contributed by atoms with van der Waals surface area (Å²) in [4.78, 5) is 32.5. The number of rotatable bonds is 9. The monoisotopic (exact) mass is 690 g/mol. The van der Waals surface area contributed by atoms with Gasteiger partial charge in [0.15, 0.2) is 16.3 Å². The first kappa shape index (κ1) is 29.8. The minimum Gasteiger partial charge on any atom is -0.496 e. The SMILES string of the molecule is C=CCOc1c(Br)cc(/C=c2\sc3n(c2=O)[C@@H](c2cc(Br)ccc2OC)C(C(=O)OC(C)C)=C(C)N=3)cc1OC. The van der Waals surface area contributed by atoms with E-state index >= 15 is 0 Å². The highest BCUT2D eigenvalue weighted by Crippen LogP contribution is 2.38. The summed E-state index contributed by atoms with van der Waals surface area (Å²) < 4.78 is 25.9. The van der Waals surface area contributed by atoms with Gasteiger partial charge in [-0.3, -0.25) is 9.36 Å². The molecule has 2 aromatic carbocycles. The predicted molar refractivity (Wildman–Crippen MR) is 162 cm³/mol. The van der Waals surface area contributed by atoms with Crippen molar-refractivity contribution in [3.05, 3.63) is 94.0 Å². The summed E-state index contributed by atoms with van der Waals surface area (Å²) in [6.07, 6.45) is 3.05. The van der Waals surface area contributed by atoms with E-state index in [-0.39, 0.29) is 17.2 Å². The number of aromatic nitrogens is 1. The van der Waals surface area contributed by atoms with Crippen LogP contribution in [0.1, 0.15) is 37.9 Å². The van der Waals surface area contributed by atoms with Crippen LogP contribution in [0.15, 0.2) is 73.0 Å². The Labute approximate surface area is 252 Å². The third kappa shape index (κ3) is 5.96. The van der Waals surface area contributed by atoms with Gasteiger partial charge in [0, 0.05) is 10.0 Å². The van der Waals surface area contributed by atoms with Gasteiger partial charge in [-0.2, -0.15) is 0 Å². The lowest BCUT2D eigenvalue weighted by molar-refractivity contribution is -0.143. The molecule has 0 radical (unpaired) electrons. The van der Waals surface area contributed by atoms with Gasteiger partial charge in [0.25, 0.3) is 5.56 Å². The average molecular weight is 692 g/mol. The predicted octanol–water partition coefficient (Wildman–Crippen LogP) is 5.29. The van der Waals surface area contributed by atoms with Crippen molar-refractivity contribution in [3.63, 3.8) is 0 Å². The second-order valence-electron chi connectivity index (χ2n) is 9.06. The van der Waals surface area contributed by atoms with Crippen LogP contribution in [0.5, 0.6) is 17.2 Å². The molecule has 11 heteroatoms. The number of hydrogen-bond donors (Lipinski definition) is 0. The van der Waals surface area contributed by atoms with E-state index in [0.29, 0.717) is 54.5 Å². The molecule has 1 aromatic heterocycles. The van der Waals surface area contributed by atoms with Crippen LogP contribution in [0.3, 0.4) is 0 Å². The molecule has 3 aromatic rings. The Morgan fingerprint density at radius 3 is 2.55 bits per heavy atom. The zero-order valence-corrected chi connectivity index (χ0v) is 26.6. The third-order valence-electron chi connectivity index (χ3n) is 5.97. The average Bonchev–Trinajstić information content (AvgIpc) is 3.20. The van der Waals surface area contributed by atoms with Gasteiger partial charge in [-0.1, -0.05) is 39.9 Å². The second-order valence-corrected chi connectivity index (χ2v) is 11.8. The maximum absolute atomic E-state index is 14.0. The molecule has 210 valence electrons. The summed E-state index contributed by atoms with van der Waals surface area (Å²) in [5, 5.41) is 0. The van der Waals surface area contributed by atoms with E-state index in [4.69, 9.17) is 18.9 Å². The maximum atomic E-state index is 14.0. The standard InChI is InChI=1S/C29H28Br2N2O6S/c1-7-10-38-26-20(31)11-17(12-22(26)37-6)13-23-27(34)33-25(19-14-18(30)8-9-21(19)36-5)24(28(35)39-15(2)3)16(4)32-29(33)40-23/h7-9,11-15,25H,1,10H2,2-6H3/b23-13-/t25-/m0/s1. The Kier molecular flexibility index (Phi) is 9.37. The molecule has 8 nitrogen and oxygen atoms in total. The lowest BCUT2D eigenvalue weighted by Crippen LogP contribution is -2.40. The molecule has 0 aliphatic carbocycles. The van der Waals surface area contributed by atoms with Crippen molar-refractivity contribution in [1.29, 1.82) is 0 Å². The summed E-state index contributed by atoms with van der Waals surface area (Å²) in [5.74, 6) is 1.02. The fraction of sp³-hybridized carbons (Fsp3) is 0.276. The molecule has 1 aliphatic heterocycles. The number of carbonyl (C=O) groups excluding carboxylic acids is 1. The van der Waals surface area contributed by atoms with Gasteiger partial charge in [-0.15, -0.1) is 0 Å². The smallest absolute Gasteiger partial charge is 0.338 e. The first-order valence-corrected chi connectivity index (χ1v) is 14.7. The molecule has 0 amide bonds. The fourth-order valence-electron chi connectivity index (χ4n) is 4.33. The number of methoxy groups -OCH3 is 2. The first-order valence-electron chi connectivity index (χ1n) is 12.3. The van der Waals surface area contributed by atoms with Crippen LogP contribution in [0.25, 0.3) is 6.08 Å². The van der Waals surface area contributed by atoms with Gasteiger partial charge in [0.1, 0.15) is 18.4 Å². The molecule has 0 unspecified atom stereocenters. The number of esters is 1. The largest absolute Gasteiger partial charge is 0.496 e. The molecule has 4 rings (SSSR count). The minimum absolute atomic E-state index is 0.275. The molecule has 0 saturated carbocycles. The summed E-state index contributed by atoms with van der Waals surface area (Å²) in [6, 6.07) is 8.27. The van der Waals surface area contributed by atoms with E-state index in [1.54, 1.807) is 59.3 Å². The van der Waals surface area contributed by atoms with Crippen molar-refractivity contribution >= 4 is 55.2 Å². The zero-order chi connectivity index (χ0) is 29.1. The van der Waals surface area contributed by atoms with E-state index in [0.717, 1.165) is 4.47 Å². The number of thiazole rings is 1. The maximum Gasteiger partial charge on any atom is 0.338 e. The van der Waals surface area contributed by atoms with Crippen LogP contribution in [0.4, 0.5) is 0 Å². The lowest BCUT2D eigenvalue weighted by Gasteiger charge is -2.26. The minimum atomic E-state index is -0.812. The molecule has 2 heterocycles. The Bertz CT molecular complexity index is 1690. The van der Waals surface area contributed by atoms with Crippen molar-refractivity contribution in [3.8, 4) is 17.2 Å². The summed E-state index contributed by atoms with van der Waals surface area (Å²) >= 11 is 8.29. The van der Waals surface area contributed by atoms with E-state index in [1.807, 2.05) is 18.2 Å². The van der Waals surface area contributed by atoms with Crippen LogP contribution in [0, 0.1) is 0 Å². The van der Waals surface area contributed by atoms with Crippen LogP contribution in [-0.4, -0.2) is 37.5 Å². The molecule has 0 saturated heterocycles. The molecule has 0 fully saturated rings. The van der Waals surface area contributed by atoms with Gasteiger partial charge >= 0.3 is 5.97 Å². The molecule has 1 aliphatic rings. The number of halogens is 2. The van der Waals surface area contributed by atoms with Crippen LogP contribution in [0.2, 0.25) is 0 Å². The van der Waals surface area contributed by atoms with Gasteiger partial charge in [-0.05, 0) is 78.7 Å².